The summed E-state index contributed by atoms with van der Waals surface area (Å²) in [4.78, 5) is 29.1. The van der Waals surface area contributed by atoms with Crippen molar-refractivity contribution in [1.82, 2.24) is 10.0 Å². The molecule has 1 amide bonds. The van der Waals surface area contributed by atoms with E-state index in [9.17, 15) is 9.59 Å². The Hall–Kier alpha value is -2.30. The molecule has 0 unspecified atom stereocenters. The molecule has 0 aliphatic heterocycles. The van der Waals surface area contributed by atoms with Crippen molar-refractivity contribution in [1.29, 1.82) is 0 Å². The fourth-order valence-electron chi connectivity index (χ4n) is 1.82. The lowest BCUT2D eigenvalue weighted by Crippen LogP contribution is -2.30. The van der Waals surface area contributed by atoms with Crippen LogP contribution in [-0.4, -0.2) is 24.3 Å². The van der Waals surface area contributed by atoms with Crippen molar-refractivity contribution in [2.75, 3.05) is 13.7 Å². The summed E-state index contributed by atoms with van der Waals surface area (Å²) >= 11 is 0. The third-order valence-corrected chi connectivity index (χ3v) is 2.66. The van der Waals surface area contributed by atoms with Crippen molar-refractivity contribution < 1.29 is 9.63 Å². The minimum atomic E-state index is -0.390. The molecule has 0 fully saturated rings. The van der Waals surface area contributed by atoms with Gasteiger partial charge in [0.2, 0.25) is 5.43 Å². The van der Waals surface area contributed by atoms with Gasteiger partial charge in [-0.15, -0.1) is 0 Å². The Balaban J connectivity index is 2.73. The summed E-state index contributed by atoms with van der Waals surface area (Å²) in [6.07, 6.45) is 1.41. The number of hydrogen-bond donors (Lipinski definition) is 1. The Kier molecular flexibility index (Phi) is 3.32. The van der Waals surface area contributed by atoms with Gasteiger partial charge in [0.05, 0.1) is 11.7 Å². The number of nitrogens with zero attached hydrogens (tertiary/aromatic N) is 1. The number of para-hydroxylation sites is 1. The fourth-order valence-corrected chi connectivity index (χ4v) is 1.82. The second kappa shape index (κ2) is 4.91. The van der Waals surface area contributed by atoms with Crippen molar-refractivity contribution in [3.8, 4) is 0 Å². The summed E-state index contributed by atoms with van der Waals surface area (Å²) in [6.45, 7) is 2.27. The first-order valence-electron chi connectivity index (χ1n) is 5.66. The number of pyridine rings is 1. The quantitative estimate of drug-likeness (QED) is 0.871. The molecule has 5 nitrogen and oxygen atoms in total. The maximum atomic E-state index is 12.2. The number of aromatic nitrogens is 1. The standard InChI is InChI=1S/C13H14N2O3/c1-3-14-13(17)10-8-15(18-2)11-7-5-4-6-9(11)12(10)16/h4-8H,3H2,1-2H3,(H,14,17). The molecule has 0 atom stereocenters. The van der Waals surface area contributed by atoms with Gasteiger partial charge in [-0.1, -0.05) is 12.1 Å². The van der Waals surface area contributed by atoms with Gasteiger partial charge in [0, 0.05) is 11.9 Å². The summed E-state index contributed by atoms with van der Waals surface area (Å²) in [5.41, 5.74) is 0.431. The van der Waals surface area contributed by atoms with Crippen LogP contribution in [0.15, 0.2) is 35.3 Å². The van der Waals surface area contributed by atoms with Crippen LogP contribution in [0.3, 0.4) is 0 Å². The number of rotatable bonds is 3. The number of nitrogens with one attached hydrogen (secondary N) is 1. The maximum Gasteiger partial charge on any atom is 0.256 e. The minimum absolute atomic E-state index is 0.0809. The molecule has 0 saturated heterocycles. The summed E-state index contributed by atoms with van der Waals surface area (Å²) < 4.78 is 1.42. The first-order chi connectivity index (χ1) is 8.69. The number of amides is 1. The van der Waals surface area contributed by atoms with E-state index >= 15 is 0 Å². The lowest BCUT2D eigenvalue weighted by atomic mass is 10.1. The van der Waals surface area contributed by atoms with E-state index < -0.39 is 0 Å². The van der Waals surface area contributed by atoms with Crippen LogP contribution in [0.25, 0.3) is 10.9 Å². The van der Waals surface area contributed by atoms with E-state index in [1.807, 2.05) is 6.07 Å². The molecular weight excluding hydrogens is 232 g/mol. The van der Waals surface area contributed by atoms with E-state index in [1.165, 1.54) is 18.0 Å². The Morgan fingerprint density at radius 1 is 1.39 bits per heavy atom. The number of benzene rings is 1. The summed E-state index contributed by atoms with van der Waals surface area (Å²) in [7, 11) is 1.48. The van der Waals surface area contributed by atoms with Crippen molar-refractivity contribution in [3.63, 3.8) is 0 Å². The number of fused-ring (bicyclic) bond motifs is 1. The summed E-state index contributed by atoms with van der Waals surface area (Å²) in [6, 6.07) is 7.01. The summed E-state index contributed by atoms with van der Waals surface area (Å²) in [5.74, 6) is -0.390. The molecule has 5 heteroatoms. The molecule has 0 aliphatic carbocycles. The predicted octanol–water partition coefficient (Wildman–Crippen LogP) is 0.810. The monoisotopic (exact) mass is 246 g/mol. The zero-order chi connectivity index (χ0) is 13.1. The highest BCUT2D eigenvalue weighted by Crippen LogP contribution is 2.10. The van der Waals surface area contributed by atoms with Gasteiger partial charge in [0.25, 0.3) is 5.91 Å². The molecule has 2 rings (SSSR count). The van der Waals surface area contributed by atoms with Crippen molar-refractivity contribution in [3.05, 3.63) is 46.2 Å². The average Bonchev–Trinajstić information content (AvgIpc) is 2.40. The predicted molar refractivity (Wildman–Crippen MR) is 68.7 cm³/mol. The molecule has 0 saturated carbocycles. The van der Waals surface area contributed by atoms with Crippen LogP contribution in [0.4, 0.5) is 0 Å². The van der Waals surface area contributed by atoms with Crippen molar-refractivity contribution in [2.45, 2.75) is 6.92 Å². The van der Waals surface area contributed by atoms with Crippen LogP contribution in [0, 0.1) is 0 Å². The molecule has 94 valence electrons. The van der Waals surface area contributed by atoms with Crippen LogP contribution in [0.2, 0.25) is 0 Å². The van der Waals surface area contributed by atoms with Crippen LogP contribution >= 0.6 is 0 Å². The first-order valence-corrected chi connectivity index (χ1v) is 5.66. The second-order valence-electron chi connectivity index (χ2n) is 3.76. The highest BCUT2D eigenvalue weighted by molar-refractivity contribution is 5.97. The van der Waals surface area contributed by atoms with E-state index in [-0.39, 0.29) is 16.9 Å². The number of carbonyl (C=O) groups excluding carboxylic acids is 1. The molecule has 1 N–H and O–H groups in total. The van der Waals surface area contributed by atoms with Crippen molar-refractivity contribution in [2.24, 2.45) is 0 Å². The highest BCUT2D eigenvalue weighted by Gasteiger charge is 2.14. The summed E-state index contributed by atoms with van der Waals surface area (Å²) in [5, 5.41) is 3.07. The van der Waals surface area contributed by atoms with E-state index in [0.29, 0.717) is 17.4 Å². The molecule has 1 aromatic carbocycles. The van der Waals surface area contributed by atoms with Gasteiger partial charge in [-0.3, -0.25) is 9.59 Å². The second-order valence-corrected chi connectivity index (χ2v) is 3.76. The van der Waals surface area contributed by atoms with Gasteiger partial charge in [0.15, 0.2) is 0 Å². The SMILES string of the molecule is CCNC(=O)c1cn(OC)c2ccccc2c1=O. The zero-order valence-electron chi connectivity index (χ0n) is 10.3. The Labute approximate surface area is 104 Å². The van der Waals surface area contributed by atoms with E-state index in [1.54, 1.807) is 25.1 Å². The molecule has 1 heterocycles. The smallest absolute Gasteiger partial charge is 0.256 e. The lowest BCUT2D eigenvalue weighted by molar-refractivity contribution is 0.0950. The Morgan fingerprint density at radius 3 is 2.78 bits per heavy atom. The molecule has 18 heavy (non-hydrogen) atoms. The lowest BCUT2D eigenvalue weighted by Gasteiger charge is -2.11. The third-order valence-electron chi connectivity index (χ3n) is 2.66. The molecule has 0 bridgehead atoms. The number of hydrogen-bond acceptors (Lipinski definition) is 3. The molecule has 0 aliphatic rings. The van der Waals surface area contributed by atoms with Gasteiger partial charge in [-0.2, -0.15) is 4.73 Å². The first kappa shape index (κ1) is 12.2. The molecule has 0 radical (unpaired) electrons. The molecule has 1 aromatic heterocycles. The third kappa shape index (κ3) is 1.95. The number of carbonyl (C=O) groups is 1. The van der Waals surface area contributed by atoms with Gasteiger partial charge < -0.3 is 10.2 Å². The molecule has 2 aromatic rings. The molecule has 0 spiro atoms. The molecular formula is C13H14N2O3. The van der Waals surface area contributed by atoms with Crippen LogP contribution < -0.4 is 15.6 Å². The Morgan fingerprint density at radius 2 is 2.11 bits per heavy atom. The minimum Gasteiger partial charge on any atom is -0.417 e. The largest absolute Gasteiger partial charge is 0.417 e. The highest BCUT2D eigenvalue weighted by atomic mass is 16.6. The zero-order valence-corrected chi connectivity index (χ0v) is 10.3. The average molecular weight is 246 g/mol. The van der Waals surface area contributed by atoms with E-state index in [4.69, 9.17) is 4.84 Å². The van der Waals surface area contributed by atoms with Crippen LogP contribution in [-0.2, 0) is 0 Å². The Bertz CT molecular complexity index is 646. The van der Waals surface area contributed by atoms with Gasteiger partial charge >= 0.3 is 0 Å². The maximum absolute atomic E-state index is 12.2. The topological polar surface area (TPSA) is 60.3 Å². The van der Waals surface area contributed by atoms with Crippen LogP contribution in [0.1, 0.15) is 17.3 Å². The van der Waals surface area contributed by atoms with Gasteiger partial charge in [-0.05, 0) is 19.1 Å². The van der Waals surface area contributed by atoms with Crippen LogP contribution in [0.5, 0.6) is 0 Å². The van der Waals surface area contributed by atoms with E-state index in [2.05, 4.69) is 5.32 Å². The van der Waals surface area contributed by atoms with Gasteiger partial charge in [-0.25, -0.2) is 0 Å². The van der Waals surface area contributed by atoms with Gasteiger partial charge in [0.1, 0.15) is 12.7 Å². The van der Waals surface area contributed by atoms with E-state index in [0.717, 1.165) is 0 Å². The fraction of sp³-hybridized carbons (Fsp3) is 0.231. The normalized spacial score (nSPS) is 10.3. The van der Waals surface area contributed by atoms with Crippen molar-refractivity contribution >= 4 is 16.8 Å².